The molecule has 0 unspecified atom stereocenters. The van der Waals surface area contributed by atoms with Crippen LogP contribution in [0, 0.1) is 6.92 Å². The highest BCUT2D eigenvalue weighted by Crippen LogP contribution is 2.28. The van der Waals surface area contributed by atoms with Crippen LogP contribution in [0.15, 0.2) is 33.7 Å². The number of hydrogen-bond acceptors (Lipinski definition) is 7. The number of aromatic nitrogens is 1. The number of carbonyl (C=O) groups is 1. The fourth-order valence-electron chi connectivity index (χ4n) is 3.10. The van der Waals surface area contributed by atoms with E-state index in [1.54, 1.807) is 24.0 Å². The molecule has 3 rings (SSSR count). The zero-order valence-electron chi connectivity index (χ0n) is 15.6. The maximum absolute atomic E-state index is 12.9. The molecule has 146 valence electrons. The zero-order valence-corrected chi connectivity index (χ0v) is 16.4. The Kier molecular flexibility index (Phi) is 5.52. The van der Waals surface area contributed by atoms with Crippen LogP contribution >= 0.6 is 0 Å². The summed E-state index contributed by atoms with van der Waals surface area (Å²) in [7, 11) is -2.39. The molecular weight excluding hydrogens is 370 g/mol. The third kappa shape index (κ3) is 4.30. The molecule has 2 aromatic rings. The van der Waals surface area contributed by atoms with Gasteiger partial charge in [0.2, 0.25) is 0 Å². The molecule has 1 aliphatic heterocycles. The lowest BCUT2D eigenvalue weighted by Crippen LogP contribution is -2.51. The van der Waals surface area contributed by atoms with E-state index in [1.165, 1.54) is 19.2 Å². The van der Waals surface area contributed by atoms with E-state index in [0.717, 1.165) is 0 Å². The van der Waals surface area contributed by atoms with E-state index in [9.17, 15) is 13.2 Å². The molecule has 27 heavy (non-hydrogen) atoms. The van der Waals surface area contributed by atoms with Crippen LogP contribution in [-0.4, -0.2) is 57.2 Å². The average molecular weight is 393 g/mol. The average Bonchev–Trinajstić information content (AvgIpc) is 3.04. The number of methoxy groups -OCH3 is 1. The molecular formula is C18H23N3O5S. The van der Waals surface area contributed by atoms with Crippen molar-refractivity contribution in [3.63, 3.8) is 0 Å². The van der Waals surface area contributed by atoms with E-state index in [1.807, 2.05) is 6.92 Å². The first-order valence-electron chi connectivity index (χ1n) is 8.66. The van der Waals surface area contributed by atoms with Crippen LogP contribution in [0.25, 0.3) is 0 Å². The summed E-state index contributed by atoms with van der Waals surface area (Å²) in [4.78, 5) is 14.5. The first kappa shape index (κ1) is 19.4. The van der Waals surface area contributed by atoms with Crippen molar-refractivity contribution in [3.05, 3.63) is 41.3 Å². The smallest absolute Gasteiger partial charge is 0.253 e. The third-order valence-corrected chi connectivity index (χ3v) is 6.06. The van der Waals surface area contributed by atoms with Crippen molar-refractivity contribution < 1.29 is 22.5 Å². The van der Waals surface area contributed by atoms with Gasteiger partial charge >= 0.3 is 0 Å². The zero-order chi connectivity index (χ0) is 19.6. The molecule has 1 fully saturated rings. The van der Waals surface area contributed by atoms with Crippen LogP contribution in [0.4, 0.5) is 0 Å². The molecule has 1 aliphatic rings. The summed E-state index contributed by atoms with van der Waals surface area (Å²) in [6.07, 6.45) is 0. The lowest BCUT2D eigenvalue weighted by molar-refractivity contribution is 0.0709. The minimum atomic E-state index is -3.78. The Hall–Kier alpha value is -2.39. The van der Waals surface area contributed by atoms with Crippen molar-refractivity contribution in [1.29, 1.82) is 0 Å². The van der Waals surface area contributed by atoms with Crippen molar-refractivity contribution in [2.45, 2.75) is 30.5 Å². The maximum atomic E-state index is 12.9. The number of rotatable bonds is 5. The molecule has 2 heterocycles. The second kappa shape index (κ2) is 7.69. The number of benzene rings is 1. The van der Waals surface area contributed by atoms with Crippen molar-refractivity contribution in [1.82, 2.24) is 15.4 Å². The Balaban J connectivity index is 1.92. The lowest BCUT2D eigenvalue weighted by atomic mass is 10.1. The number of sulfone groups is 1. The monoisotopic (exact) mass is 393 g/mol. The van der Waals surface area contributed by atoms with Gasteiger partial charge in [0.25, 0.3) is 5.91 Å². The molecule has 8 nitrogen and oxygen atoms in total. The van der Waals surface area contributed by atoms with Crippen molar-refractivity contribution in [2.24, 2.45) is 0 Å². The number of carbonyl (C=O) groups excluding carboxylic acids is 1. The van der Waals surface area contributed by atoms with E-state index in [0.29, 0.717) is 30.9 Å². The van der Waals surface area contributed by atoms with Gasteiger partial charge in [0.15, 0.2) is 15.6 Å². The van der Waals surface area contributed by atoms with Crippen LogP contribution < -0.4 is 10.1 Å². The number of nitrogens with zero attached hydrogens (tertiary/aromatic N) is 2. The summed E-state index contributed by atoms with van der Waals surface area (Å²) in [5.41, 5.74) is 0.918. The van der Waals surface area contributed by atoms with E-state index in [-0.39, 0.29) is 34.1 Å². The number of hydrogen-bond donors (Lipinski definition) is 1. The Morgan fingerprint density at radius 3 is 2.81 bits per heavy atom. The lowest BCUT2D eigenvalue weighted by Gasteiger charge is -2.32. The summed E-state index contributed by atoms with van der Waals surface area (Å²) in [6, 6.07) is 6.25. The second-order valence-electron chi connectivity index (χ2n) is 6.67. The first-order chi connectivity index (χ1) is 12.8. The molecule has 0 bridgehead atoms. The Morgan fingerprint density at radius 1 is 1.41 bits per heavy atom. The number of nitrogens with one attached hydrogen (secondary N) is 1. The summed E-state index contributed by atoms with van der Waals surface area (Å²) >= 11 is 0. The highest BCUT2D eigenvalue weighted by atomic mass is 32.2. The number of amides is 1. The van der Waals surface area contributed by atoms with Crippen molar-refractivity contribution in [3.8, 4) is 5.75 Å². The molecule has 1 saturated heterocycles. The van der Waals surface area contributed by atoms with Gasteiger partial charge < -0.3 is 19.5 Å². The summed E-state index contributed by atoms with van der Waals surface area (Å²) in [5, 5.41) is 6.99. The highest BCUT2D eigenvalue weighted by Gasteiger charge is 2.27. The summed E-state index contributed by atoms with van der Waals surface area (Å²) in [5.74, 6) is -0.122. The highest BCUT2D eigenvalue weighted by molar-refractivity contribution is 7.90. The van der Waals surface area contributed by atoms with Gasteiger partial charge in [-0.25, -0.2) is 8.42 Å². The van der Waals surface area contributed by atoms with Gasteiger partial charge in [0, 0.05) is 37.3 Å². The van der Waals surface area contributed by atoms with Crippen molar-refractivity contribution >= 4 is 15.7 Å². The van der Waals surface area contributed by atoms with Gasteiger partial charge in [-0.1, -0.05) is 5.16 Å². The van der Waals surface area contributed by atoms with Crippen molar-refractivity contribution in [2.75, 3.05) is 26.7 Å². The van der Waals surface area contributed by atoms with Gasteiger partial charge in [-0.05, 0) is 32.0 Å². The summed E-state index contributed by atoms with van der Waals surface area (Å²) in [6.45, 7) is 5.58. The predicted molar refractivity (Wildman–Crippen MR) is 98.5 cm³/mol. The quantitative estimate of drug-likeness (QED) is 0.819. The molecule has 9 heteroatoms. The van der Waals surface area contributed by atoms with Gasteiger partial charge in [-0.2, -0.15) is 0 Å². The van der Waals surface area contributed by atoms with E-state index in [4.69, 9.17) is 9.26 Å². The van der Waals surface area contributed by atoms with E-state index >= 15 is 0 Å². The van der Waals surface area contributed by atoms with Crippen LogP contribution in [0.1, 0.15) is 28.7 Å². The topological polar surface area (TPSA) is 102 Å². The molecule has 1 atom stereocenters. The third-order valence-electron chi connectivity index (χ3n) is 4.41. The Morgan fingerprint density at radius 2 is 2.19 bits per heavy atom. The predicted octanol–water partition coefficient (Wildman–Crippen LogP) is 1.40. The van der Waals surface area contributed by atoms with Crippen LogP contribution in [-0.2, 0) is 15.6 Å². The number of aryl methyl sites for hydroxylation is 1. The Bertz CT molecular complexity index is 938. The summed E-state index contributed by atoms with van der Waals surface area (Å²) < 4.78 is 36.0. The standard InChI is InChI=1S/C18H23N3O5S/c1-12-8-15(26-20-12)11-27(23,24)17-9-14(4-5-16(17)25-3)18(22)21-7-6-19-13(2)10-21/h4-5,8-9,13,19H,6-7,10-11H2,1-3H3/t13-/m0/s1. The van der Waals surface area contributed by atoms with Gasteiger partial charge in [0.1, 0.15) is 16.4 Å². The molecule has 1 N–H and O–H groups in total. The van der Waals surface area contributed by atoms with E-state index in [2.05, 4.69) is 10.5 Å². The molecule has 0 saturated carbocycles. The van der Waals surface area contributed by atoms with Gasteiger partial charge in [-0.15, -0.1) is 0 Å². The molecule has 1 aromatic carbocycles. The first-order valence-corrected chi connectivity index (χ1v) is 10.3. The van der Waals surface area contributed by atoms with Crippen LogP contribution in [0.5, 0.6) is 5.75 Å². The minimum absolute atomic E-state index is 0.0342. The normalized spacial score (nSPS) is 17.7. The molecule has 1 aromatic heterocycles. The maximum Gasteiger partial charge on any atom is 0.253 e. The molecule has 0 radical (unpaired) electrons. The molecule has 0 aliphatic carbocycles. The second-order valence-corrected chi connectivity index (χ2v) is 8.62. The fraction of sp³-hybridized carbons (Fsp3) is 0.444. The largest absolute Gasteiger partial charge is 0.495 e. The van der Waals surface area contributed by atoms with Crippen LogP contribution in [0.2, 0.25) is 0 Å². The molecule has 1 amide bonds. The SMILES string of the molecule is COc1ccc(C(=O)N2CCN[C@@H](C)C2)cc1S(=O)(=O)Cc1cc(C)no1. The fourth-order valence-corrected chi connectivity index (χ4v) is 4.53. The Labute approximate surface area is 158 Å². The number of piperazine rings is 1. The minimum Gasteiger partial charge on any atom is -0.495 e. The van der Waals surface area contributed by atoms with Gasteiger partial charge in [0.05, 0.1) is 12.8 Å². The van der Waals surface area contributed by atoms with Gasteiger partial charge in [-0.3, -0.25) is 4.79 Å². The van der Waals surface area contributed by atoms with Crippen LogP contribution in [0.3, 0.4) is 0 Å². The van der Waals surface area contributed by atoms with E-state index < -0.39 is 9.84 Å². The number of ether oxygens (including phenoxy) is 1. The molecule has 0 spiro atoms.